The molecule has 1 N–H and O–H groups in total. The van der Waals surface area contributed by atoms with Crippen LogP contribution in [0.25, 0.3) is 16.9 Å². The summed E-state index contributed by atoms with van der Waals surface area (Å²) in [6, 6.07) is 1.87. The highest BCUT2D eigenvalue weighted by molar-refractivity contribution is 5.87. The van der Waals surface area contributed by atoms with Crippen LogP contribution in [-0.4, -0.2) is 24.4 Å². The van der Waals surface area contributed by atoms with E-state index in [0.717, 1.165) is 53.6 Å². The second kappa shape index (κ2) is 8.53. The molecular weight excluding hydrogens is 384 g/mol. The first-order chi connectivity index (χ1) is 15.2. The zero-order chi connectivity index (χ0) is 21.2. The van der Waals surface area contributed by atoms with Gasteiger partial charge in [0.25, 0.3) is 0 Å². The van der Waals surface area contributed by atoms with Gasteiger partial charge < -0.3 is 5.32 Å². The van der Waals surface area contributed by atoms with Gasteiger partial charge in [-0.1, -0.05) is 43.6 Å². The van der Waals surface area contributed by atoms with Gasteiger partial charge >= 0.3 is 0 Å². The van der Waals surface area contributed by atoms with Crippen LogP contribution >= 0.6 is 0 Å². The minimum atomic E-state index is 0.721. The van der Waals surface area contributed by atoms with Crippen molar-refractivity contribution in [2.24, 2.45) is 5.92 Å². The van der Waals surface area contributed by atoms with Gasteiger partial charge in [-0.25, -0.2) is 9.50 Å². The molecule has 0 spiro atoms. The summed E-state index contributed by atoms with van der Waals surface area (Å²) in [5.74, 6) is 0.721. The summed E-state index contributed by atoms with van der Waals surface area (Å²) in [7, 11) is 0. The average Bonchev–Trinajstić information content (AvgIpc) is 3.38. The van der Waals surface area contributed by atoms with Gasteiger partial charge in [-0.15, -0.1) is 0 Å². The number of nitrogens with zero attached hydrogens (tertiary/aromatic N) is 5. The van der Waals surface area contributed by atoms with E-state index in [9.17, 15) is 0 Å². The molecule has 3 aromatic rings. The number of hydrogen-bond donors (Lipinski definition) is 1. The molecule has 0 atom stereocenters. The molecule has 2 aliphatic rings. The first kappa shape index (κ1) is 19.8. The van der Waals surface area contributed by atoms with E-state index in [1.54, 1.807) is 10.7 Å². The zero-order valence-corrected chi connectivity index (χ0v) is 18.2. The number of fused-ring (bicyclic) bond motifs is 1. The maximum Gasteiger partial charge on any atom is 0.164 e. The predicted molar refractivity (Wildman–Crippen MR) is 125 cm³/mol. The van der Waals surface area contributed by atoms with E-state index < -0.39 is 0 Å². The lowest BCUT2D eigenvalue weighted by Gasteiger charge is -2.21. The Bertz CT molecular complexity index is 1160. The van der Waals surface area contributed by atoms with Gasteiger partial charge in [-0.3, -0.25) is 4.68 Å². The Kier molecular flexibility index (Phi) is 5.45. The van der Waals surface area contributed by atoms with E-state index >= 15 is 0 Å². The fraction of sp³-hybridized carbons (Fsp3) is 0.400. The fourth-order valence-corrected chi connectivity index (χ4v) is 4.74. The highest BCUT2D eigenvalue weighted by Crippen LogP contribution is 2.32. The molecule has 160 valence electrons. The second-order valence-corrected chi connectivity index (χ2v) is 8.86. The minimum absolute atomic E-state index is 0.721. The van der Waals surface area contributed by atoms with E-state index in [2.05, 4.69) is 51.9 Å². The Balaban J connectivity index is 1.45. The summed E-state index contributed by atoms with van der Waals surface area (Å²) < 4.78 is 3.90. The lowest BCUT2D eigenvalue weighted by molar-refractivity contribution is 0.308. The van der Waals surface area contributed by atoms with Crippen LogP contribution in [0.1, 0.15) is 63.1 Å². The topological polar surface area (TPSA) is 60.0 Å². The predicted octanol–water partition coefficient (Wildman–Crippen LogP) is 5.71. The Morgan fingerprint density at radius 1 is 1.26 bits per heavy atom. The van der Waals surface area contributed by atoms with Gasteiger partial charge in [0.1, 0.15) is 5.69 Å². The normalized spacial score (nSPS) is 17.5. The van der Waals surface area contributed by atoms with Crippen LogP contribution in [0.5, 0.6) is 0 Å². The van der Waals surface area contributed by atoms with Gasteiger partial charge in [0.2, 0.25) is 0 Å². The molecule has 0 aromatic carbocycles. The standard InChI is InChI=1S/C25H30N6/c1-18-8-6-11-21(14-18)24-23(17-30(29-24)16-20-9-4-3-5-10-20)28-19(2)22-15-27-31-13-7-12-26-25(22)31/h7,11-15,17,20,28H,2-6,8-10,16H2,1H3. The Morgan fingerprint density at radius 2 is 2.13 bits per heavy atom. The van der Waals surface area contributed by atoms with Crippen molar-refractivity contribution in [1.29, 1.82) is 0 Å². The van der Waals surface area contributed by atoms with Crippen molar-refractivity contribution in [3.8, 4) is 0 Å². The fourth-order valence-electron chi connectivity index (χ4n) is 4.74. The molecule has 6 heteroatoms. The van der Waals surface area contributed by atoms with Crippen LogP contribution in [0, 0.1) is 5.92 Å². The monoisotopic (exact) mass is 414 g/mol. The number of rotatable bonds is 6. The molecule has 0 bridgehead atoms. The molecule has 0 amide bonds. The van der Waals surface area contributed by atoms with Gasteiger partial charge in [0, 0.05) is 36.4 Å². The van der Waals surface area contributed by atoms with Crippen LogP contribution in [0.2, 0.25) is 0 Å². The van der Waals surface area contributed by atoms with Crippen LogP contribution in [-0.2, 0) is 6.54 Å². The number of aromatic nitrogens is 5. The molecule has 6 nitrogen and oxygen atoms in total. The molecule has 2 aliphatic carbocycles. The first-order valence-electron chi connectivity index (χ1n) is 11.4. The smallest absolute Gasteiger partial charge is 0.164 e. The molecule has 1 saturated carbocycles. The Labute approximate surface area is 183 Å². The molecule has 0 unspecified atom stereocenters. The molecule has 0 aliphatic heterocycles. The molecule has 5 rings (SSSR count). The summed E-state index contributed by atoms with van der Waals surface area (Å²) in [5, 5.41) is 13.0. The second-order valence-electron chi connectivity index (χ2n) is 8.86. The van der Waals surface area contributed by atoms with E-state index in [0.29, 0.717) is 0 Å². The number of nitrogens with one attached hydrogen (secondary N) is 1. The average molecular weight is 415 g/mol. The SMILES string of the molecule is C=C(Nc1cn(CC2CCCCC2)nc1C1=CCCC(C)=C1)c1cnn2cccnc12. The van der Waals surface area contributed by atoms with Crippen molar-refractivity contribution in [3.05, 3.63) is 66.4 Å². The van der Waals surface area contributed by atoms with Crippen LogP contribution in [0.15, 0.2) is 55.2 Å². The highest BCUT2D eigenvalue weighted by atomic mass is 15.3. The maximum atomic E-state index is 5.02. The lowest BCUT2D eigenvalue weighted by Crippen LogP contribution is -2.14. The van der Waals surface area contributed by atoms with E-state index in [1.165, 1.54) is 43.3 Å². The highest BCUT2D eigenvalue weighted by Gasteiger charge is 2.20. The van der Waals surface area contributed by atoms with Crippen molar-refractivity contribution < 1.29 is 0 Å². The molecule has 0 saturated heterocycles. The third-order valence-corrected chi connectivity index (χ3v) is 6.40. The third-order valence-electron chi connectivity index (χ3n) is 6.40. The summed E-state index contributed by atoms with van der Waals surface area (Å²) in [5.41, 5.74) is 7.06. The Hall–Kier alpha value is -3.15. The van der Waals surface area contributed by atoms with Crippen molar-refractivity contribution >= 4 is 22.6 Å². The third kappa shape index (κ3) is 4.20. The van der Waals surface area contributed by atoms with Crippen LogP contribution in [0.3, 0.4) is 0 Å². The largest absolute Gasteiger partial charge is 0.352 e. The van der Waals surface area contributed by atoms with Crippen molar-refractivity contribution in [2.75, 3.05) is 5.32 Å². The zero-order valence-electron chi connectivity index (χ0n) is 18.2. The number of allylic oxidation sites excluding steroid dienone is 4. The molecule has 31 heavy (non-hydrogen) atoms. The number of hydrogen-bond acceptors (Lipinski definition) is 4. The minimum Gasteiger partial charge on any atom is -0.352 e. The van der Waals surface area contributed by atoms with Gasteiger partial charge in [0.05, 0.1) is 17.4 Å². The summed E-state index contributed by atoms with van der Waals surface area (Å²) in [6.45, 7) is 7.47. The van der Waals surface area contributed by atoms with Crippen LogP contribution < -0.4 is 5.32 Å². The quantitative estimate of drug-likeness (QED) is 0.561. The van der Waals surface area contributed by atoms with Crippen molar-refractivity contribution in [1.82, 2.24) is 24.4 Å². The molecule has 1 fully saturated rings. The van der Waals surface area contributed by atoms with E-state index in [1.807, 2.05) is 18.5 Å². The van der Waals surface area contributed by atoms with Gasteiger partial charge in [-0.05, 0) is 44.6 Å². The lowest BCUT2D eigenvalue weighted by atomic mass is 9.89. The summed E-state index contributed by atoms with van der Waals surface area (Å²) >= 11 is 0. The van der Waals surface area contributed by atoms with Gasteiger partial charge in [-0.2, -0.15) is 10.2 Å². The molecule has 3 aromatic heterocycles. The summed E-state index contributed by atoms with van der Waals surface area (Å²) in [6.07, 6.45) is 21.0. The molecule has 0 radical (unpaired) electrons. The molecular formula is C25H30N6. The van der Waals surface area contributed by atoms with Gasteiger partial charge in [0.15, 0.2) is 5.65 Å². The Morgan fingerprint density at radius 3 is 2.97 bits per heavy atom. The van der Waals surface area contributed by atoms with Crippen molar-refractivity contribution in [3.63, 3.8) is 0 Å². The summed E-state index contributed by atoms with van der Waals surface area (Å²) in [4.78, 5) is 4.47. The number of anilines is 1. The molecule has 3 heterocycles. The van der Waals surface area contributed by atoms with E-state index in [-0.39, 0.29) is 0 Å². The van der Waals surface area contributed by atoms with Crippen LogP contribution in [0.4, 0.5) is 5.69 Å². The van der Waals surface area contributed by atoms with E-state index in [4.69, 9.17) is 5.10 Å². The maximum absolute atomic E-state index is 5.02. The first-order valence-corrected chi connectivity index (χ1v) is 11.4. The van der Waals surface area contributed by atoms with Crippen molar-refractivity contribution in [2.45, 2.75) is 58.4 Å².